The fourth-order valence-corrected chi connectivity index (χ4v) is 3.65. The lowest BCUT2D eigenvalue weighted by Crippen LogP contribution is -2.56. The summed E-state index contributed by atoms with van der Waals surface area (Å²) in [6, 6.07) is 6.10. The van der Waals surface area contributed by atoms with E-state index in [1.807, 2.05) is 58.0 Å². The maximum atomic E-state index is 13.3. The van der Waals surface area contributed by atoms with Crippen LogP contribution in [0.3, 0.4) is 0 Å². The number of aliphatic carboxylic acids is 1. The van der Waals surface area contributed by atoms with E-state index >= 15 is 0 Å². The second-order valence-electron chi connectivity index (χ2n) is 9.67. The predicted octanol–water partition coefficient (Wildman–Crippen LogP) is 0.202. The first-order valence-corrected chi connectivity index (χ1v) is 12.6. The maximum absolute atomic E-state index is 13.3. The number of carbonyl (C=O) groups is 4. The van der Waals surface area contributed by atoms with Crippen LogP contribution in [0.5, 0.6) is 0 Å². The van der Waals surface area contributed by atoms with E-state index in [0.717, 1.165) is 5.56 Å². The highest BCUT2D eigenvalue weighted by Crippen LogP contribution is 2.11. The lowest BCUT2D eigenvalue weighted by Gasteiger charge is -2.26. The predicted molar refractivity (Wildman–Crippen MR) is 145 cm³/mol. The summed E-state index contributed by atoms with van der Waals surface area (Å²) in [5, 5.41) is 31.7. The van der Waals surface area contributed by atoms with Crippen molar-refractivity contribution in [1.29, 1.82) is 0 Å². The topological polar surface area (TPSA) is 191 Å². The Morgan fingerprint density at radius 1 is 0.821 bits per heavy atom. The molecule has 1 aromatic carbocycles. The molecule has 0 saturated carbocycles. The van der Waals surface area contributed by atoms with Gasteiger partial charge in [0.2, 0.25) is 11.8 Å². The van der Waals surface area contributed by atoms with Crippen LogP contribution >= 0.6 is 0 Å². The van der Waals surface area contributed by atoms with Gasteiger partial charge in [-0.1, -0.05) is 58.0 Å². The quantitative estimate of drug-likeness (QED) is 0.192. The number of nitrogens with zero attached hydrogens (tertiary/aromatic N) is 2. The molecule has 2 aromatic rings. The Morgan fingerprint density at radius 3 is 1.87 bits per heavy atom. The van der Waals surface area contributed by atoms with Gasteiger partial charge in [-0.2, -0.15) is 0 Å². The Kier molecular flexibility index (Phi) is 15.0. The van der Waals surface area contributed by atoms with Gasteiger partial charge in [0.05, 0.1) is 6.20 Å². The molecule has 0 spiro atoms. The van der Waals surface area contributed by atoms with E-state index in [4.69, 9.17) is 10.0 Å². The van der Waals surface area contributed by atoms with Crippen LogP contribution in [-0.4, -0.2) is 74.6 Å². The van der Waals surface area contributed by atoms with Crippen LogP contribution in [0.2, 0.25) is 0 Å². The zero-order chi connectivity index (χ0) is 29.4. The zero-order valence-electron chi connectivity index (χ0n) is 22.7. The Labute approximate surface area is 229 Å². The molecule has 13 heteroatoms. The van der Waals surface area contributed by atoms with Crippen molar-refractivity contribution in [3.63, 3.8) is 0 Å². The third-order valence-electron chi connectivity index (χ3n) is 5.36. The summed E-state index contributed by atoms with van der Waals surface area (Å²) in [6.45, 7) is 7.52. The van der Waals surface area contributed by atoms with Crippen molar-refractivity contribution in [3.8, 4) is 0 Å². The van der Waals surface area contributed by atoms with Gasteiger partial charge in [0, 0.05) is 18.8 Å². The van der Waals surface area contributed by atoms with Crippen LogP contribution in [0, 0.1) is 11.8 Å². The lowest BCUT2D eigenvalue weighted by atomic mass is 9.99. The van der Waals surface area contributed by atoms with E-state index < -0.39 is 49.5 Å². The minimum absolute atomic E-state index is 0.0381. The number of benzene rings is 1. The second-order valence-corrected chi connectivity index (χ2v) is 9.67. The molecule has 3 atom stereocenters. The van der Waals surface area contributed by atoms with Crippen molar-refractivity contribution in [2.24, 2.45) is 11.8 Å². The molecule has 3 amide bonds. The highest BCUT2D eigenvalue weighted by molar-refractivity contribution is 6.13. The van der Waals surface area contributed by atoms with E-state index in [9.17, 15) is 24.3 Å². The summed E-state index contributed by atoms with van der Waals surface area (Å²) in [7, 11) is -0.750. The van der Waals surface area contributed by atoms with Gasteiger partial charge in [0.1, 0.15) is 23.8 Å². The SMILES string of the molecule is CC(C)C[C@H](NC(=O)[C@H](CC(C)C)NC(=O)[C@H](Cc1ccccc1)NC(=O)c1cnccn1)C(=O)O.OBO. The number of carbonyl (C=O) groups excluding carboxylic acids is 3. The molecule has 0 radical (unpaired) electrons. The van der Waals surface area contributed by atoms with E-state index in [0.29, 0.717) is 6.42 Å². The van der Waals surface area contributed by atoms with Crippen LogP contribution in [-0.2, 0) is 20.8 Å². The first kappa shape index (κ1) is 33.2. The average molecular weight is 543 g/mol. The highest BCUT2D eigenvalue weighted by Gasteiger charge is 2.30. The zero-order valence-corrected chi connectivity index (χ0v) is 22.7. The van der Waals surface area contributed by atoms with Crippen molar-refractivity contribution in [2.45, 2.75) is 65.1 Å². The van der Waals surface area contributed by atoms with E-state index in [1.165, 1.54) is 18.6 Å². The average Bonchev–Trinajstić information content (AvgIpc) is 2.88. The Balaban J connectivity index is 0.00000242. The number of hydrogen-bond donors (Lipinski definition) is 6. The molecule has 0 aliphatic rings. The van der Waals surface area contributed by atoms with Crippen LogP contribution < -0.4 is 16.0 Å². The first-order chi connectivity index (χ1) is 18.5. The Bertz CT molecular complexity index is 1040. The van der Waals surface area contributed by atoms with Crippen molar-refractivity contribution < 1.29 is 34.3 Å². The van der Waals surface area contributed by atoms with Crippen molar-refractivity contribution in [2.75, 3.05) is 0 Å². The summed E-state index contributed by atoms with van der Waals surface area (Å²) in [5.41, 5.74) is 0.864. The maximum Gasteiger partial charge on any atom is 0.432 e. The standard InChI is InChI=1S/C26H35N5O5.BH3O2/c1-16(2)12-19(23(32)31-21(26(35)36)13-17(3)4)29-24(33)20(14-18-8-6-5-7-9-18)30-25(34)22-15-27-10-11-28-22;2-1-3/h5-11,15-17,19-21H,12-14H2,1-4H3,(H,29,33)(H,30,34)(H,31,32)(H,35,36);1-3H/t19-,20-,21-;/m0./s1. The van der Waals surface area contributed by atoms with Crippen LogP contribution in [0.4, 0.5) is 0 Å². The van der Waals surface area contributed by atoms with E-state index in [2.05, 4.69) is 25.9 Å². The fourth-order valence-electron chi connectivity index (χ4n) is 3.65. The molecule has 0 fully saturated rings. The molecule has 0 bridgehead atoms. The van der Waals surface area contributed by atoms with Gasteiger partial charge in [-0.05, 0) is 30.2 Å². The van der Waals surface area contributed by atoms with Crippen molar-refractivity contribution >= 4 is 31.4 Å². The molecule has 0 saturated heterocycles. The second kappa shape index (κ2) is 17.6. The smallest absolute Gasteiger partial charge is 0.432 e. The number of aromatic nitrogens is 2. The molecule has 0 aliphatic heterocycles. The van der Waals surface area contributed by atoms with Crippen LogP contribution in [0.15, 0.2) is 48.9 Å². The van der Waals surface area contributed by atoms with Gasteiger partial charge < -0.3 is 31.1 Å². The van der Waals surface area contributed by atoms with Crippen LogP contribution in [0.25, 0.3) is 0 Å². The minimum Gasteiger partial charge on any atom is -0.480 e. The molecule has 39 heavy (non-hydrogen) atoms. The molecule has 6 N–H and O–H groups in total. The number of hydrogen-bond acceptors (Lipinski definition) is 8. The molecule has 1 heterocycles. The Hall–Kier alpha value is -3.84. The lowest BCUT2D eigenvalue weighted by molar-refractivity contribution is -0.142. The number of nitrogens with one attached hydrogen (secondary N) is 3. The van der Waals surface area contributed by atoms with Gasteiger partial charge in [-0.15, -0.1) is 0 Å². The molecule has 0 unspecified atom stereocenters. The molecular weight excluding hydrogens is 505 g/mol. The summed E-state index contributed by atoms with van der Waals surface area (Å²) >= 11 is 0. The number of rotatable bonds is 13. The van der Waals surface area contributed by atoms with Crippen molar-refractivity contribution in [3.05, 3.63) is 60.2 Å². The largest absolute Gasteiger partial charge is 0.480 e. The minimum atomic E-state index is -1.13. The van der Waals surface area contributed by atoms with E-state index in [1.54, 1.807) is 0 Å². The molecule has 212 valence electrons. The third kappa shape index (κ3) is 13.0. The van der Waals surface area contributed by atoms with Gasteiger partial charge in [-0.3, -0.25) is 19.4 Å². The summed E-state index contributed by atoms with van der Waals surface area (Å²) in [6.07, 6.45) is 4.84. The summed E-state index contributed by atoms with van der Waals surface area (Å²) < 4.78 is 0. The Morgan fingerprint density at radius 2 is 1.36 bits per heavy atom. The van der Waals surface area contributed by atoms with Gasteiger partial charge in [0.25, 0.3) is 5.91 Å². The van der Waals surface area contributed by atoms with Gasteiger partial charge in [0.15, 0.2) is 0 Å². The monoisotopic (exact) mass is 543 g/mol. The van der Waals surface area contributed by atoms with Crippen molar-refractivity contribution in [1.82, 2.24) is 25.9 Å². The number of amides is 3. The molecule has 12 nitrogen and oxygen atoms in total. The third-order valence-corrected chi connectivity index (χ3v) is 5.36. The molecule has 0 aliphatic carbocycles. The van der Waals surface area contributed by atoms with E-state index in [-0.39, 0.29) is 30.4 Å². The summed E-state index contributed by atoms with van der Waals surface area (Å²) in [4.78, 5) is 58.6. The highest BCUT2D eigenvalue weighted by atomic mass is 16.4. The number of carboxylic acid groups (broad SMARTS) is 1. The van der Waals surface area contributed by atoms with Gasteiger partial charge >= 0.3 is 13.7 Å². The normalized spacial score (nSPS) is 12.8. The van der Waals surface area contributed by atoms with Crippen LogP contribution in [0.1, 0.15) is 56.6 Å². The molecule has 2 rings (SSSR count). The summed E-state index contributed by atoms with van der Waals surface area (Å²) in [5.74, 6) is -2.76. The first-order valence-electron chi connectivity index (χ1n) is 12.6. The molecular formula is C26H38BN5O7. The number of carboxylic acids is 1. The van der Waals surface area contributed by atoms with Gasteiger partial charge in [-0.25, -0.2) is 9.78 Å². The fraction of sp³-hybridized carbons (Fsp3) is 0.462. The molecule has 1 aromatic heterocycles.